The average molecular weight is 471 g/mol. The predicted molar refractivity (Wildman–Crippen MR) is 124 cm³/mol. The molecule has 0 aliphatic carbocycles. The van der Waals surface area contributed by atoms with Crippen molar-refractivity contribution in [2.24, 2.45) is 5.92 Å². The van der Waals surface area contributed by atoms with Crippen molar-refractivity contribution >= 4 is 22.7 Å². The minimum Gasteiger partial charge on any atom is -0.453 e. The van der Waals surface area contributed by atoms with Crippen molar-refractivity contribution in [1.29, 1.82) is 0 Å². The van der Waals surface area contributed by atoms with E-state index in [1.807, 2.05) is 0 Å². The third-order valence-electron chi connectivity index (χ3n) is 5.86. The Kier molecular flexibility index (Phi) is 6.81. The lowest BCUT2D eigenvalue weighted by Crippen LogP contribution is -2.46. The van der Waals surface area contributed by atoms with Crippen molar-refractivity contribution in [1.82, 2.24) is 20.0 Å². The molecule has 1 aromatic heterocycles. The molecular formula is C25H28F2N4O3. The summed E-state index contributed by atoms with van der Waals surface area (Å²) in [4.78, 5) is 27.7. The maximum absolute atomic E-state index is 14.3. The summed E-state index contributed by atoms with van der Waals surface area (Å²) in [6, 6.07) is 5.56. The number of likely N-dealkylation sites (N-methyl/N-ethyl adjacent to an activating group) is 1. The summed E-state index contributed by atoms with van der Waals surface area (Å²) in [7, 11) is 1.72. The van der Waals surface area contributed by atoms with Crippen LogP contribution in [0.3, 0.4) is 0 Å². The third kappa shape index (κ3) is 5.03. The van der Waals surface area contributed by atoms with E-state index in [-0.39, 0.29) is 23.0 Å². The molecule has 180 valence electrons. The van der Waals surface area contributed by atoms with Gasteiger partial charge in [-0.25, -0.2) is 8.78 Å². The van der Waals surface area contributed by atoms with Crippen molar-refractivity contribution in [3.05, 3.63) is 53.7 Å². The number of rotatable bonds is 6. The van der Waals surface area contributed by atoms with E-state index >= 15 is 0 Å². The molecule has 1 aliphatic rings. The molecule has 1 saturated heterocycles. The van der Waals surface area contributed by atoms with E-state index in [0.717, 1.165) is 24.4 Å². The Morgan fingerprint density at radius 2 is 2.00 bits per heavy atom. The standard InChI is InChI=1S/C25H28F2N4O3/c1-15(2)14-31-21-12-18(24(32)29-20-6-4-5-9-30(3)25(20)33)23(10-16(21)13-28-31)34-22-8-7-17(26)11-19(22)27/h7-8,10-13,15,20H,4-6,9,14H2,1-3H3,(H,29,32). The Balaban J connectivity index is 1.73. The van der Waals surface area contributed by atoms with Gasteiger partial charge in [-0.05, 0) is 49.4 Å². The van der Waals surface area contributed by atoms with E-state index in [0.29, 0.717) is 36.9 Å². The van der Waals surface area contributed by atoms with Gasteiger partial charge in [0.15, 0.2) is 11.6 Å². The van der Waals surface area contributed by atoms with Gasteiger partial charge in [0, 0.05) is 31.6 Å². The number of ether oxygens (including phenoxy) is 1. The van der Waals surface area contributed by atoms with Crippen LogP contribution in [-0.4, -0.2) is 46.1 Å². The molecule has 0 saturated carbocycles. The maximum Gasteiger partial charge on any atom is 0.255 e. The Hall–Kier alpha value is -3.49. The van der Waals surface area contributed by atoms with Crippen LogP contribution >= 0.6 is 0 Å². The highest BCUT2D eigenvalue weighted by Crippen LogP contribution is 2.32. The van der Waals surface area contributed by atoms with Crippen molar-refractivity contribution in [3.8, 4) is 11.5 Å². The van der Waals surface area contributed by atoms with Gasteiger partial charge in [0.25, 0.3) is 5.91 Å². The molecule has 9 heteroatoms. The fourth-order valence-electron chi connectivity index (χ4n) is 4.10. The largest absolute Gasteiger partial charge is 0.453 e. The number of aromatic nitrogens is 2. The van der Waals surface area contributed by atoms with Gasteiger partial charge in [-0.3, -0.25) is 14.3 Å². The second-order valence-corrected chi connectivity index (χ2v) is 9.09. The molecule has 2 aromatic carbocycles. The highest BCUT2D eigenvalue weighted by molar-refractivity contribution is 6.03. The van der Waals surface area contributed by atoms with Crippen LogP contribution in [-0.2, 0) is 11.3 Å². The quantitative estimate of drug-likeness (QED) is 0.576. The fourth-order valence-corrected chi connectivity index (χ4v) is 4.10. The van der Waals surface area contributed by atoms with Gasteiger partial charge >= 0.3 is 0 Å². The Bertz CT molecular complexity index is 1220. The molecule has 34 heavy (non-hydrogen) atoms. The lowest BCUT2D eigenvalue weighted by molar-refractivity contribution is -0.131. The van der Waals surface area contributed by atoms with Gasteiger partial charge in [0.1, 0.15) is 17.6 Å². The summed E-state index contributed by atoms with van der Waals surface area (Å²) in [5.74, 6) is -2.08. The first-order valence-corrected chi connectivity index (χ1v) is 11.4. The van der Waals surface area contributed by atoms with Gasteiger partial charge in [-0.1, -0.05) is 13.8 Å². The lowest BCUT2D eigenvalue weighted by atomic mass is 10.1. The number of likely N-dealkylation sites (tertiary alicyclic amines) is 1. The molecule has 7 nitrogen and oxygen atoms in total. The van der Waals surface area contributed by atoms with Crippen LogP contribution in [0.5, 0.6) is 11.5 Å². The van der Waals surface area contributed by atoms with Gasteiger partial charge in [0.05, 0.1) is 17.3 Å². The van der Waals surface area contributed by atoms with Crippen LogP contribution < -0.4 is 10.1 Å². The fraction of sp³-hybridized carbons (Fsp3) is 0.400. The van der Waals surface area contributed by atoms with E-state index < -0.39 is 23.6 Å². The molecule has 0 bridgehead atoms. The molecule has 0 spiro atoms. The molecular weight excluding hydrogens is 442 g/mol. The van der Waals surface area contributed by atoms with Crippen LogP contribution in [0.4, 0.5) is 8.78 Å². The number of carbonyl (C=O) groups excluding carboxylic acids is 2. The molecule has 1 N–H and O–H groups in total. The summed E-state index contributed by atoms with van der Waals surface area (Å²) in [5, 5.41) is 7.95. The number of nitrogens with zero attached hydrogens (tertiary/aromatic N) is 3. The smallest absolute Gasteiger partial charge is 0.255 e. The number of amides is 2. The second kappa shape index (κ2) is 9.79. The molecule has 2 amide bonds. The Labute approximate surface area is 196 Å². The number of hydrogen-bond acceptors (Lipinski definition) is 4. The average Bonchev–Trinajstić information content (AvgIpc) is 3.09. The van der Waals surface area contributed by atoms with Crippen LogP contribution in [0.25, 0.3) is 10.9 Å². The number of halogens is 2. The Morgan fingerprint density at radius 1 is 1.21 bits per heavy atom. The first-order chi connectivity index (χ1) is 16.2. The Morgan fingerprint density at radius 3 is 2.74 bits per heavy atom. The van der Waals surface area contributed by atoms with Gasteiger partial charge < -0.3 is 15.0 Å². The van der Waals surface area contributed by atoms with Gasteiger partial charge in [-0.2, -0.15) is 5.10 Å². The SMILES string of the molecule is CC(C)Cn1ncc2cc(Oc3ccc(F)cc3F)c(C(=O)NC3CCCCN(C)C3=O)cc21. The summed E-state index contributed by atoms with van der Waals surface area (Å²) >= 11 is 0. The van der Waals surface area contributed by atoms with E-state index in [1.54, 1.807) is 35.0 Å². The van der Waals surface area contributed by atoms with Crippen molar-refractivity contribution < 1.29 is 23.1 Å². The molecule has 1 atom stereocenters. The number of benzene rings is 2. The van der Waals surface area contributed by atoms with Crippen molar-refractivity contribution in [3.63, 3.8) is 0 Å². The number of nitrogens with one attached hydrogen (secondary N) is 1. The molecule has 0 radical (unpaired) electrons. The monoisotopic (exact) mass is 470 g/mol. The van der Waals surface area contributed by atoms with Crippen molar-refractivity contribution in [2.45, 2.75) is 45.7 Å². The topological polar surface area (TPSA) is 76.5 Å². The first kappa shape index (κ1) is 23.7. The molecule has 3 aromatic rings. The molecule has 2 heterocycles. The van der Waals surface area contributed by atoms with Crippen LogP contribution in [0.15, 0.2) is 36.5 Å². The number of hydrogen-bond donors (Lipinski definition) is 1. The second-order valence-electron chi connectivity index (χ2n) is 9.09. The van der Waals surface area contributed by atoms with Crippen LogP contribution in [0.2, 0.25) is 0 Å². The highest BCUT2D eigenvalue weighted by atomic mass is 19.1. The van der Waals surface area contributed by atoms with E-state index in [9.17, 15) is 18.4 Å². The highest BCUT2D eigenvalue weighted by Gasteiger charge is 2.28. The number of fused-ring (bicyclic) bond motifs is 1. The minimum atomic E-state index is -0.887. The minimum absolute atomic E-state index is 0.0917. The third-order valence-corrected chi connectivity index (χ3v) is 5.86. The first-order valence-electron chi connectivity index (χ1n) is 11.4. The zero-order valence-corrected chi connectivity index (χ0v) is 19.5. The molecule has 1 aliphatic heterocycles. The van der Waals surface area contributed by atoms with E-state index in [2.05, 4.69) is 24.3 Å². The van der Waals surface area contributed by atoms with Gasteiger partial charge in [-0.15, -0.1) is 0 Å². The number of carbonyl (C=O) groups is 2. The summed E-state index contributed by atoms with van der Waals surface area (Å²) < 4.78 is 35.2. The van der Waals surface area contributed by atoms with E-state index in [1.165, 1.54) is 6.07 Å². The molecule has 1 unspecified atom stereocenters. The maximum atomic E-state index is 14.3. The molecule has 4 rings (SSSR count). The molecule has 1 fully saturated rings. The summed E-state index contributed by atoms with van der Waals surface area (Å²) in [6.45, 7) is 5.40. The summed E-state index contributed by atoms with van der Waals surface area (Å²) in [5.41, 5.74) is 0.858. The normalized spacial score (nSPS) is 16.7. The van der Waals surface area contributed by atoms with Crippen molar-refractivity contribution in [2.75, 3.05) is 13.6 Å². The zero-order valence-electron chi connectivity index (χ0n) is 19.5. The zero-order chi connectivity index (χ0) is 24.4. The van der Waals surface area contributed by atoms with E-state index in [4.69, 9.17) is 4.74 Å². The lowest BCUT2D eigenvalue weighted by Gasteiger charge is -2.21. The summed E-state index contributed by atoms with van der Waals surface area (Å²) in [6.07, 6.45) is 3.86. The van der Waals surface area contributed by atoms with Crippen LogP contribution in [0.1, 0.15) is 43.5 Å². The van der Waals surface area contributed by atoms with Gasteiger partial charge in [0.2, 0.25) is 5.91 Å². The van der Waals surface area contributed by atoms with Crippen LogP contribution in [0, 0.1) is 17.6 Å². The predicted octanol–water partition coefficient (Wildman–Crippen LogP) is 4.50.